The Kier molecular flexibility index (Phi) is 4.49. The molecule has 0 aromatic carbocycles. The van der Waals surface area contributed by atoms with E-state index in [2.05, 4.69) is 10.5 Å². The molecule has 16 heavy (non-hydrogen) atoms. The molecule has 0 aliphatic rings. The molecule has 1 amide bonds. The zero-order valence-corrected chi connectivity index (χ0v) is 9.91. The molecule has 0 bridgehead atoms. The summed E-state index contributed by atoms with van der Waals surface area (Å²) in [6.45, 7) is 5.73. The first-order valence-electron chi connectivity index (χ1n) is 5.51. The van der Waals surface area contributed by atoms with Gasteiger partial charge in [-0.2, -0.15) is 0 Å². The molecule has 0 saturated heterocycles. The molecule has 90 valence electrons. The molecule has 0 radical (unpaired) electrons. The van der Waals surface area contributed by atoms with Gasteiger partial charge in [0.15, 0.2) is 0 Å². The number of carbonyl (C=O) groups excluding carboxylic acids is 1. The van der Waals surface area contributed by atoms with Crippen LogP contribution in [0, 0.1) is 6.92 Å². The third-order valence-corrected chi connectivity index (χ3v) is 2.46. The molecule has 0 saturated carbocycles. The fourth-order valence-electron chi connectivity index (χ4n) is 1.39. The third kappa shape index (κ3) is 2.82. The van der Waals surface area contributed by atoms with Crippen LogP contribution in [0.25, 0.3) is 0 Å². The van der Waals surface area contributed by atoms with Gasteiger partial charge in [-0.15, -0.1) is 0 Å². The summed E-state index contributed by atoms with van der Waals surface area (Å²) in [6, 6.07) is 0. The maximum atomic E-state index is 11.8. The first kappa shape index (κ1) is 12.7. The summed E-state index contributed by atoms with van der Waals surface area (Å²) in [5, 5.41) is 15.8. The van der Waals surface area contributed by atoms with Crippen LogP contribution in [-0.2, 0) is 6.42 Å². The minimum Gasteiger partial charge on any atom is -0.391 e. The number of amides is 1. The summed E-state index contributed by atoms with van der Waals surface area (Å²) in [6.07, 6.45) is 0.758. The van der Waals surface area contributed by atoms with Crippen LogP contribution in [0.5, 0.6) is 0 Å². The number of nitrogens with zero attached hydrogens (tertiary/aromatic N) is 1. The van der Waals surface area contributed by atoms with Gasteiger partial charge in [-0.1, -0.05) is 19.0 Å². The van der Waals surface area contributed by atoms with E-state index < -0.39 is 6.10 Å². The molecule has 1 unspecified atom stereocenters. The van der Waals surface area contributed by atoms with Gasteiger partial charge in [-0.25, -0.2) is 0 Å². The number of aliphatic hydroxyl groups is 1. The third-order valence-electron chi connectivity index (χ3n) is 2.46. The van der Waals surface area contributed by atoms with Crippen molar-refractivity contribution in [1.82, 2.24) is 10.5 Å². The van der Waals surface area contributed by atoms with Gasteiger partial charge < -0.3 is 14.9 Å². The summed E-state index contributed by atoms with van der Waals surface area (Å²) < 4.78 is 4.97. The minimum atomic E-state index is -0.505. The summed E-state index contributed by atoms with van der Waals surface area (Å²) in [7, 11) is 0. The van der Waals surface area contributed by atoms with E-state index in [1.54, 1.807) is 6.92 Å². The van der Waals surface area contributed by atoms with Crippen molar-refractivity contribution in [3.05, 3.63) is 17.0 Å². The average Bonchev–Trinajstić information content (AvgIpc) is 2.66. The Bertz CT molecular complexity index is 360. The summed E-state index contributed by atoms with van der Waals surface area (Å²) in [4.78, 5) is 11.8. The molecule has 0 spiro atoms. The standard InChI is InChI=1S/C11H18N2O3/c1-4-8(14)6-12-11(15)10-7(3)16-13-9(10)5-2/h8,14H,4-6H2,1-3H3,(H,12,15). The SMILES string of the molecule is CCc1noc(C)c1C(=O)NCC(O)CC. The lowest BCUT2D eigenvalue weighted by Crippen LogP contribution is -2.32. The van der Waals surface area contributed by atoms with Crippen LogP contribution in [-0.4, -0.2) is 28.8 Å². The van der Waals surface area contributed by atoms with Gasteiger partial charge in [-0.3, -0.25) is 4.79 Å². The summed E-state index contributed by atoms with van der Waals surface area (Å²) in [5.74, 6) is 0.281. The first-order chi connectivity index (χ1) is 7.60. The monoisotopic (exact) mass is 226 g/mol. The van der Waals surface area contributed by atoms with E-state index in [-0.39, 0.29) is 12.5 Å². The molecule has 5 nitrogen and oxygen atoms in total. The van der Waals surface area contributed by atoms with Gasteiger partial charge in [0.2, 0.25) is 0 Å². The topological polar surface area (TPSA) is 75.4 Å². The normalized spacial score (nSPS) is 12.5. The maximum Gasteiger partial charge on any atom is 0.256 e. The van der Waals surface area contributed by atoms with E-state index in [1.165, 1.54) is 0 Å². The van der Waals surface area contributed by atoms with E-state index >= 15 is 0 Å². The molecule has 2 N–H and O–H groups in total. The molecule has 0 aliphatic carbocycles. The molecule has 1 aromatic rings. The van der Waals surface area contributed by atoms with Gasteiger partial charge in [-0.05, 0) is 19.8 Å². The first-order valence-corrected chi connectivity index (χ1v) is 5.51. The second-order valence-corrected chi connectivity index (χ2v) is 3.69. The Morgan fingerprint density at radius 1 is 1.56 bits per heavy atom. The second kappa shape index (κ2) is 5.65. The van der Waals surface area contributed by atoms with Crippen LogP contribution < -0.4 is 5.32 Å². The van der Waals surface area contributed by atoms with Crippen molar-refractivity contribution in [3.8, 4) is 0 Å². The lowest BCUT2D eigenvalue weighted by molar-refractivity contribution is 0.0911. The molecule has 1 aromatic heterocycles. The van der Waals surface area contributed by atoms with Crippen LogP contribution in [0.15, 0.2) is 4.52 Å². The Morgan fingerprint density at radius 3 is 2.81 bits per heavy atom. The Balaban J connectivity index is 2.69. The largest absolute Gasteiger partial charge is 0.391 e. The van der Waals surface area contributed by atoms with E-state index in [0.717, 1.165) is 0 Å². The highest BCUT2D eigenvalue weighted by atomic mass is 16.5. The number of rotatable bonds is 5. The highest BCUT2D eigenvalue weighted by Crippen LogP contribution is 2.13. The van der Waals surface area contributed by atoms with E-state index in [1.807, 2.05) is 13.8 Å². The Morgan fingerprint density at radius 2 is 2.25 bits per heavy atom. The van der Waals surface area contributed by atoms with Gasteiger partial charge >= 0.3 is 0 Å². The van der Waals surface area contributed by atoms with E-state index in [4.69, 9.17) is 4.52 Å². The molecule has 1 heterocycles. The van der Waals surface area contributed by atoms with Gasteiger partial charge in [0.1, 0.15) is 11.3 Å². The number of nitrogens with one attached hydrogen (secondary N) is 1. The molecular weight excluding hydrogens is 208 g/mol. The Labute approximate surface area is 94.8 Å². The molecule has 1 rings (SSSR count). The number of aliphatic hydroxyl groups excluding tert-OH is 1. The lowest BCUT2D eigenvalue weighted by Gasteiger charge is -2.09. The lowest BCUT2D eigenvalue weighted by atomic mass is 10.1. The smallest absolute Gasteiger partial charge is 0.256 e. The van der Waals surface area contributed by atoms with Crippen molar-refractivity contribution < 1.29 is 14.4 Å². The number of hydrogen-bond acceptors (Lipinski definition) is 4. The maximum absolute atomic E-state index is 11.8. The minimum absolute atomic E-state index is 0.233. The molecule has 1 atom stereocenters. The van der Waals surface area contributed by atoms with Gasteiger partial charge in [0.05, 0.1) is 11.8 Å². The number of aromatic nitrogens is 1. The van der Waals surface area contributed by atoms with Crippen LogP contribution in [0.2, 0.25) is 0 Å². The zero-order chi connectivity index (χ0) is 12.1. The molecular formula is C11H18N2O3. The number of aryl methyl sites for hydroxylation is 2. The van der Waals surface area contributed by atoms with E-state index in [0.29, 0.717) is 29.9 Å². The molecule has 5 heteroatoms. The van der Waals surface area contributed by atoms with Crippen molar-refractivity contribution >= 4 is 5.91 Å². The quantitative estimate of drug-likeness (QED) is 0.786. The van der Waals surface area contributed by atoms with Gasteiger partial charge in [0, 0.05) is 6.54 Å². The number of carbonyl (C=O) groups is 1. The van der Waals surface area contributed by atoms with Crippen molar-refractivity contribution in [2.24, 2.45) is 0 Å². The fraction of sp³-hybridized carbons (Fsp3) is 0.636. The number of hydrogen-bond donors (Lipinski definition) is 2. The second-order valence-electron chi connectivity index (χ2n) is 3.69. The van der Waals surface area contributed by atoms with Crippen molar-refractivity contribution in [3.63, 3.8) is 0 Å². The van der Waals surface area contributed by atoms with Crippen LogP contribution >= 0.6 is 0 Å². The summed E-state index contributed by atoms with van der Waals surface area (Å²) >= 11 is 0. The van der Waals surface area contributed by atoms with Crippen LogP contribution in [0.4, 0.5) is 0 Å². The van der Waals surface area contributed by atoms with Crippen LogP contribution in [0.3, 0.4) is 0 Å². The average molecular weight is 226 g/mol. The zero-order valence-electron chi connectivity index (χ0n) is 9.91. The molecule has 0 fully saturated rings. The van der Waals surface area contributed by atoms with Crippen molar-refractivity contribution in [1.29, 1.82) is 0 Å². The van der Waals surface area contributed by atoms with Crippen molar-refractivity contribution in [2.45, 2.75) is 39.7 Å². The highest BCUT2D eigenvalue weighted by molar-refractivity contribution is 5.96. The predicted molar refractivity (Wildman–Crippen MR) is 59.2 cm³/mol. The van der Waals surface area contributed by atoms with E-state index in [9.17, 15) is 9.90 Å². The Hall–Kier alpha value is -1.36. The fourth-order valence-corrected chi connectivity index (χ4v) is 1.39. The van der Waals surface area contributed by atoms with Crippen LogP contribution in [0.1, 0.15) is 42.1 Å². The predicted octanol–water partition coefficient (Wildman–Crippen LogP) is 1.05. The molecule has 0 aliphatic heterocycles. The highest BCUT2D eigenvalue weighted by Gasteiger charge is 2.19. The van der Waals surface area contributed by atoms with Crippen molar-refractivity contribution in [2.75, 3.05) is 6.54 Å². The summed E-state index contributed by atoms with van der Waals surface area (Å²) in [5.41, 5.74) is 1.15. The van der Waals surface area contributed by atoms with Gasteiger partial charge in [0.25, 0.3) is 5.91 Å².